The SMILES string of the molecule is O=C(CSc1ccccc1)N1CCCC(C2CCCN2)C1. The number of carbonyl (C=O) groups is 1. The Morgan fingerprint density at radius 3 is 2.86 bits per heavy atom. The number of hydrogen-bond acceptors (Lipinski definition) is 3. The minimum atomic E-state index is 0.298. The monoisotopic (exact) mass is 304 g/mol. The standard InChI is InChI=1S/C17H24N2OS/c20-17(13-21-15-7-2-1-3-8-15)19-11-5-6-14(12-19)16-9-4-10-18-16/h1-3,7-8,14,16,18H,4-6,9-13H2. The summed E-state index contributed by atoms with van der Waals surface area (Å²) in [5.74, 6) is 1.52. The van der Waals surface area contributed by atoms with Gasteiger partial charge in [-0.3, -0.25) is 4.79 Å². The number of benzene rings is 1. The zero-order valence-electron chi connectivity index (χ0n) is 12.5. The molecule has 2 atom stereocenters. The number of carbonyl (C=O) groups excluding carboxylic acids is 1. The fraction of sp³-hybridized carbons (Fsp3) is 0.588. The maximum absolute atomic E-state index is 12.4. The van der Waals surface area contributed by atoms with E-state index >= 15 is 0 Å². The van der Waals surface area contributed by atoms with Gasteiger partial charge in [0.2, 0.25) is 5.91 Å². The lowest BCUT2D eigenvalue weighted by molar-refractivity contribution is -0.130. The molecule has 1 amide bonds. The number of nitrogens with zero attached hydrogens (tertiary/aromatic N) is 1. The average Bonchev–Trinajstić information content (AvgIpc) is 3.08. The van der Waals surface area contributed by atoms with E-state index in [2.05, 4.69) is 22.3 Å². The Labute approximate surface area is 131 Å². The Morgan fingerprint density at radius 2 is 2.10 bits per heavy atom. The molecular formula is C17H24N2OS. The third kappa shape index (κ3) is 4.01. The zero-order valence-corrected chi connectivity index (χ0v) is 13.3. The van der Waals surface area contributed by atoms with Gasteiger partial charge in [0.05, 0.1) is 5.75 Å². The first-order valence-corrected chi connectivity index (χ1v) is 9.00. The molecule has 0 aliphatic carbocycles. The van der Waals surface area contributed by atoms with E-state index < -0.39 is 0 Å². The minimum Gasteiger partial charge on any atom is -0.342 e. The van der Waals surface area contributed by atoms with Crippen molar-refractivity contribution in [2.24, 2.45) is 5.92 Å². The summed E-state index contributed by atoms with van der Waals surface area (Å²) >= 11 is 1.65. The highest BCUT2D eigenvalue weighted by Crippen LogP contribution is 2.26. The van der Waals surface area contributed by atoms with Gasteiger partial charge in [0.1, 0.15) is 0 Å². The quantitative estimate of drug-likeness (QED) is 0.868. The summed E-state index contributed by atoms with van der Waals surface area (Å²) in [5.41, 5.74) is 0. The third-order valence-corrected chi connectivity index (χ3v) is 5.58. The predicted octanol–water partition coefficient (Wildman–Crippen LogP) is 2.77. The van der Waals surface area contributed by atoms with E-state index in [0.29, 0.717) is 23.6 Å². The van der Waals surface area contributed by atoms with Crippen molar-refractivity contribution < 1.29 is 4.79 Å². The van der Waals surface area contributed by atoms with E-state index in [-0.39, 0.29) is 0 Å². The van der Waals surface area contributed by atoms with E-state index in [1.165, 1.54) is 24.2 Å². The highest BCUT2D eigenvalue weighted by atomic mass is 32.2. The maximum Gasteiger partial charge on any atom is 0.232 e. The van der Waals surface area contributed by atoms with Crippen LogP contribution in [0.1, 0.15) is 25.7 Å². The molecular weight excluding hydrogens is 280 g/mol. The van der Waals surface area contributed by atoms with Gasteiger partial charge in [0, 0.05) is 24.0 Å². The molecule has 2 saturated heterocycles. The lowest BCUT2D eigenvalue weighted by atomic mass is 9.90. The Bertz CT molecular complexity index is 459. The van der Waals surface area contributed by atoms with Gasteiger partial charge < -0.3 is 10.2 Å². The largest absolute Gasteiger partial charge is 0.342 e. The van der Waals surface area contributed by atoms with Crippen LogP contribution in [0, 0.1) is 5.92 Å². The lowest BCUT2D eigenvalue weighted by Crippen LogP contribution is -2.46. The van der Waals surface area contributed by atoms with Crippen LogP contribution in [0.5, 0.6) is 0 Å². The van der Waals surface area contributed by atoms with Gasteiger partial charge in [-0.1, -0.05) is 18.2 Å². The van der Waals surface area contributed by atoms with Gasteiger partial charge in [0.15, 0.2) is 0 Å². The van der Waals surface area contributed by atoms with Crippen molar-refractivity contribution in [3.63, 3.8) is 0 Å². The van der Waals surface area contributed by atoms with Crippen molar-refractivity contribution in [1.29, 1.82) is 0 Å². The van der Waals surface area contributed by atoms with E-state index in [4.69, 9.17) is 0 Å². The fourth-order valence-corrected chi connectivity index (χ4v) is 4.25. The molecule has 1 aromatic carbocycles. The molecule has 2 unspecified atom stereocenters. The second kappa shape index (κ2) is 7.32. The molecule has 2 heterocycles. The molecule has 0 aromatic heterocycles. The van der Waals surface area contributed by atoms with E-state index in [1.54, 1.807) is 11.8 Å². The molecule has 2 aliphatic rings. The van der Waals surface area contributed by atoms with Gasteiger partial charge in [-0.2, -0.15) is 0 Å². The number of piperidine rings is 1. The van der Waals surface area contributed by atoms with Crippen LogP contribution in [0.15, 0.2) is 35.2 Å². The van der Waals surface area contributed by atoms with Crippen molar-refractivity contribution in [2.45, 2.75) is 36.6 Å². The molecule has 0 spiro atoms. The molecule has 2 fully saturated rings. The second-order valence-corrected chi connectivity index (χ2v) is 7.10. The summed E-state index contributed by atoms with van der Waals surface area (Å²) in [6, 6.07) is 10.8. The minimum absolute atomic E-state index is 0.298. The number of rotatable bonds is 4. The van der Waals surface area contributed by atoms with Crippen LogP contribution in [0.4, 0.5) is 0 Å². The van der Waals surface area contributed by atoms with Gasteiger partial charge >= 0.3 is 0 Å². The van der Waals surface area contributed by atoms with Crippen LogP contribution < -0.4 is 5.32 Å². The maximum atomic E-state index is 12.4. The molecule has 0 radical (unpaired) electrons. The smallest absolute Gasteiger partial charge is 0.232 e. The molecule has 2 aliphatic heterocycles. The second-order valence-electron chi connectivity index (χ2n) is 6.05. The molecule has 21 heavy (non-hydrogen) atoms. The van der Waals surface area contributed by atoms with Crippen LogP contribution in [-0.2, 0) is 4.79 Å². The third-order valence-electron chi connectivity index (χ3n) is 4.58. The van der Waals surface area contributed by atoms with E-state index in [0.717, 1.165) is 26.1 Å². The first kappa shape index (κ1) is 14.9. The number of hydrogen-bond donors (Lipinski definition) is 1. The molecule has 3 rings (SSSR count). The van der Waals surface area contributed by atoms with Crippen LogP contribution in [0.3, 0.4) is 0 Å². The van der Waals surface area contributed by atoms with E-state index in [9.17, 15) is 4.79 Å². The molecule has 3 nitrogen and oxygen atoms in total. The number of nitrogens with one attached hydrogen (secondary N) is 1. The van der Waals surface area contributed by atoms with Gasteiger partial charge in [-0.05, 0) is 50.3 Å². The summed E-state index contributed by atoms with van der Waals surface area (Å²) in [7, 11) is 0. The van der Waals surface area contributed by atoms with Crippen LogP contribution >= 0.6 is 11.8 Å². The van der Waals surface area contributed by atoms with Crippen molar-refractivity contribution in [3.8, 4) is 0 Å². The summed E-state index contributed by atoms with van der Waals surface area (Å²) in [5, 5.41) is 3.60. The molecule has 4 heteroatoms. The lowest BCUT2D eigenvalue weighted by Gasteiger charge is -2.35. The van der Waals surface area contributed by atoms with Crippen molar-refractivity contribution in [1.82, 2.24) is 10.2 Å². The topological polar surface area (TPSA) is 32.3 Å². The fourth-order valence-electron chi connectivity index (χ4n) is 3.43. The molecule has 0 bridgehead atoms. The molecule has 114 valence electrons. The number of likely N-dealkylation sites (tertiary alicyclic amines) is 1. The number of thioether (sulfide) groups is 1. The normalized spacial score (nSPS) is 26.0. The Balaban J connectivity index is 1.49. The number of amides is 1. The van der Waals surface area contributed by atoms with Gasteiger partial charge in [0.25, 0.3) is 0 Å². The van der Waals surface area contributed by atoms with Crippen molar-refractivity contribution >= 4 is 17.7 Å². The highest BCUT2D eigenvalue weighted by Gasteiger charge is 2.30. The molecule has 0 saturated carbocycles. The first-order valence-electron chi connectivity index (χ1n) is 8.02. The summed E-state index contributed by atoms with van der Waals surface area (Å²) in [6.45, 7) is 3.04. The van der Waals surface area contributed by atoms with Crippen molar-refractivity contribution in [3.05, 3.63) is 30.3 Å². The summed E-state index contributed by atoms with van der Waals surface area (Å²) < 4.78 is 0. The molecule has 1 aromatic rings. The average molecular weight is 304 g/mol. The Morgan fingerprint density at radius 1 is 1.24 bits per heavy atom. The highest BCUT2D eigenvalue weighted by molar-refractivity contribution is 8.00. The molecule has 1 N–H and O–H groups in total. The summed E-state index contributed by atoms with van der Waals surface area (Å²) in [6.07, 6.45) is 5.00. The van der Waals surface area contributed by atoms with E-state index in [1.807, 2.05) is 18.2 Å². The van der Waals surface area contributed by atoms with Gasteiger partial charge in [-0.15, -0.1) is 11.8 Å². The zero-order chi connectivity index (χ0) is 14.5. The summed E-state index contributed by atoms with van der Waals surface area (Å²) in [4.78, 5) is 15.7. The predicted molar refractivity (Wildman–Crippen MR) is 87.5 cm³/mol. The van der Waals surface area contributed by atoms with Gasteiger partial charge in [-0.25, -0.2) is 0 Å². The Hall–Kier alpha value is -1.00. The first-order chi connectivity index (χ1) is 10.3. The van der Waals surface area contributed by atoms with Crippen molar-refractivity contribution in [2.75, 3.05) is 25.4 Å². The van der Waals surface area contributed by atoms with Crippen LogP contribution in [0.2, 0.25) is 0 Å². The Kier molecular flexibility index (Phi) is 5.20. The van der Waals surface area contributed by atoms with Crippen LogP contribution in [-0.4, -0.2) is 42.2 Å². The van der Waals surface area contributed by atoms with Crippen LogP contribution in [0.25, 0.3) is 0 Å².